The van der Waals surface area contributed by atoms with Crippen molar-refractivity contribution >= 4 is 5.96 Å². The minimum atomic E-state index is 0.470. The summed E-state index contributed by atoms with van der Waals surface area (Å²) in [7, 11) is 0. The highest BCUT2D eigenvalue weighted by Crippen LogP contribution is 2.28. The molecule has 1 heterocycles. The zero-order valence-corrected chi connectivity index (χ0v) is 14.9. The summed E-state index contributed by atoms with van der Waals surface area (Å²) in [5.74, 6) is 2.47. The number of pyridine rings is 1. The summed E-state index contributed by atoms with van der Waals surface area (Å²) in [5, 5.41) is 6.78. The van der Waals surface area contributed by atoms with Crippen molar-refractivity contribution in [2.24, 2.45) is 10.9 Å². The molecule has 132 valence electrons. The molecule has 0 radical (unpaired) electrons. The molecule has 5 nitrogen and oxygen atoms in total. The van der Waals surface area contributed by atoms with Crippen LogP contribution in [0.1, 0.15) is 31.5 Å². The lowest BCUT2D eigenvalue weighted by molar-refractivity contribution is 0.301. The Morgan fingerprint density at radius 3 is 2.88 bits per heavy atom. The van der Waals surface area contributed by atoms with Gasteiger partial charge in [0.05, 0.1) is 12.2 Å². The second-order valence-electron chi connectivity index (χ2n) is 6.42. The van der Waals surface area contributed by atoms with E-state index in [-0.39, 0.29) is 0 Å². The molecule has 5 heteroatoms. The van der Waals surface area contributed by atoms with E-state index in [4.69, 9.17) is 4.74 Å². The maximum atomic E-state index is 5.83. The third kappa shape index (κ3) is 5.48. The number of ether oxygens (including phenoxy) is 1. The Balaban J connectivity index is 1.57. The van der Waals surface area contributed by atoms with E-state index in [9.17, 15) is 0 Å². The van der Waals surface area contributed by atoms with Gasteiger partial charge in [-0.25, -0.2) is 4.99 Å². The van der Waals surface area contributed by atoms with E-state index in [1.165, 1.54) is 6.42 Å². The third-order valence-electron chi connectivity index (χ3n) is 4.21. The topological polar surface area (TPSA) is 58.5 Å². The zero-order chi connectivity index (χ0) is 17.5. The molecule has 1 aliphatic rings. The molecular formula is C20H26N4O. The lowest BCUT2D eigenvalue weighted by atomic mass is 10.2. The van der Waals surface area contributed by atoms with Crippen molar-refractivity contribution in [3.63, 3.8) is 0 Å². The molecule has 1 aromatic heterocycles. The molecule has 0 bridgehead atoms. The minimum absolute atomic E-state index is 0.470. The first-order valence-electron chi connectivity index (χ1n) is 8.91. The van der Waals surface area contributed by atoms with E-state index in [1.54, 1.807) is 6.20 Å². The highest BCUT2D eigenvalue weighted by atomic mass is 16.5. The molecule has 0 aliphatic heterocycles. The van der Waals surface area contributed by atoms with E-state index in [2.05, 4.69) is 40.5 Å². The number of nitrogens with one attached hydrogen (secondary N) is 2. The number of nitrogens with zero attached hydrogens (tertiary/aromatic N) is 2. The summed E-state index contributed by atoms with van der Waals surface area (Å²) < 4.78 is 5.83. The van der Waals surface area contributed by atoms with Crippen LogP contribution in [-0.2, 0) is 13.2 Å². The summed E-state index contributed by atoms with van der Waals surface area (Å²) in [4.78, 5) is 8.96. The maximum Gasteiger partial charge on any atom is 0.191 e. The number of aromatic nitrogens is 1. The first-order chi connectivity index (χ1) is 12.2. The van der Waals surface area contributed by atoms with Crippen molar-refractivity contribution in [2.45, 2.75) is 39.5 Å². The monoisotopic (exact) mass is 338 g/mol. The van der Waals surface area contributed by atoms with Crippen LogP contribution in [0.25, 0.3) is 0 Å². The van der Waals surface area contributed by atoms with E-state index >= 15 is 0 Å². The van der Waals surface area contributed by atoms with Crippen LogP contribution in [0, 0.1) is 5.92 Å². The van der Waals surface area contributed by atoms with Gasteiger partial charge in [-0.1, -0.05) is 25.1 Å². The molecule has 0 saturated heterocycles. The van der Waals surface area contributed by atoms with Crippen molar-refractivity contribution in [1.29, 1.82) is 0 Å². The number of aliphatic imine (C=N–C) groups is 1. The molecule has 2 unspecified atom stereocenters. The second kappa shape index (κ2) is 8.51. The molecule has 25 heavy (non-hydrogen) atoms. The lowest BCUT2D eigenvalue weighted by Crippen LogP contribution is -2.39. The fourth-order valence-corrected chi connectivity index (χ4v) is 2.56. The number of guanidine groups is 1. The Morgan fingerprint density at radius 2 is 2.16 bits per heavy atom. The molecule has 1 fully saturated rings. The van der Waals surface area contributed by atoms with Gasteiger partial charge in [0.15, 0.2) is 5.96 Å². The zero-order valence-electron chi connectivity index (χ0n) is 14.9. The van der Waals surface area contributed by atoms with Crippen LogP contribution in [0.3, 0.4) is 0 Å². The molecule has 0 spiro atoms. The number of benzene rings is 1. The Bertz CT molecular complexity index is 702. The predicted molar refractivity (Wildman–Crippen MR) is 101 cm³/mol. The Labute approximate surface area is 149 Å². The standard InChI is InChI=1S/C20H26N4O/c1-3-21-20(24-19-11-15(19)2)23-13-16-7-6-9-18(12-16)25-14-17-8-4-5-10-22-17/h4-10,12,15,19H,3,11,13-14H2,1-2H3,(H2,21,23,24). The molecule has 0 amide bonds. The van der Waals surface area contributed by atoms with Gasteiger partial charge in [-0.3, -0.25) is 4.98 Å². The molecule has 3 rings (SSSR count). The Morgan fingerprint density at radius 1 is 1.28 bits per heavy atom. The van der Waals surface area contributed by atoms with Gasteiger partial charge in [-0.05, 0) is 49.1 Å². The molecule has 2 atom stereocenters. The fourth-order valence-electron chi connectivity index (χ4n) is 2.56. The Kier molecular flexibility index (Phi) is 5.88. The van der Waals surface area contributed by atoms with E-state index in [0.717, 1.165) is 35.4 Å². The normalized spacial score (nSPS) is 19.4. The first-order valence-corrected chi connectivity index (χ1v) is 8.91. The third-order valence-corrected chi connectivity index (χ3v) is 4.21. The van der Waals surface area contributed by atoms with Crippen LogP contribution < -0.4 is 15.4 Å². The van der Waals surface area contributed by atoms with E-state index in [0.29, 0.717) is 19.2 Å². The van der Waals surface area contributed by atoms with Crippen LogP contribution in [0.4, 0.5) is 0 Å². The molecule has 2 aromatic rings. The largest absolute Gasteiger partial charge is 0.487 e. The van der Waals surface area contributed by atoms with Gasteiger partial charge in [0.2, 0.25) is 0 Å². The lowest BCUT2D eigenvalue weighted by Gasteiger charge is -2.11. The summed E-state index contributed by atoms with van der Waals surface area (Å²) in [6.07, 6.45) is 3.00. The highest BCUT2D eigenvalue weighted by molar-refractivity contribution is 5.80. The number of rotatable bonds is 7. The van der Waals surface area contributed by atoms with Crippen molar-refractivity contribution in [2.75, 3.05) is 6.54 Å². The van der Waals surface area contributed by atoms with Crippen LogP contribution in [-0.4, -0.2) is 23.5 Å². The van der Waals surface area contributed by atoms with Crippen molar-refractivity contribution in [3.05, 3.63) is 59.9 Å². The quantitative estimate of drug-likeness (QED) is 0.601. The average Bonchev–Trinajstić information content (AvgIpc) is 3.34. The average molecular weight is 338 g/mol. The van der Waals surface area contributed by atoms with Crippen molar-refractivity contribution < 1.29 is 4.74 Å². The smallest absolute Gasteiger partial charge is 0.191 e. The summed E-state index contributed by atoms with van der Waals surface area (Å²) in [5.41, 5.74) is 2.04. The van der Waals surface area contributed by atoms with E-state index in [1.807, 2.05) is 36.4 Å². The molecule has 2 N–H and O–H groups in total. The van der Waals surface area contributed by atoms with Gasteiger partial charge in [0, 0.05) is 18.8 Å². The van der Waals surface area contributed by atoms with Crippen LogP contribution in [0.5, 0.6) is 5.75 Å². The van der Waals surface area contributed by atoms with Gasteiger partial charge < -0.3 is 15.4 Å². The molecular weight excluding hydrogens is 312 g/mol. The van der Waals surface area contributed by atoms with Crippen LogP contribution in [0.2, 0.25) is 0 Å². The number of hydrogen-bond acceptors (Lipinski definition) is 3. The van der Waals surface area contributed by atoms with Gasteiger partial charge in [0.25, 0.3) is 0 Å². The SMILES string of the molecule is CCNC(=NCc1cccc(OCc2ccccn2)c1)NC1CC1C. The summed E-state index contributed by atoms with van der Waals surface area (Å²) >= 11 is 0. The first kappa shape index (κ1) is 17.3. The van der Waals surface area contributed by atoms with Gasteiger partial charge in [0.1, 0.15) is 12.4 Å². The van der Waals surface area contributed by atoms with Gasteiger partial charge in [-0.15, -0.1) is 0 Å². The maximum absolute atomic E-state index is 5.83. The predicted octanol–water partition coefficient (Wildman–Crippen LogP) is 3.12. The molecule has 1 aliphatic carbocycles. The van der Waals surface area contributed by atoms with Gasteiger partial charge >= 0.3 is 0 Å². The molecule has 1 aromatic carbocycles. The number of hydrogen-bond donors (Lipinski definition) is 2. The highest BCUT2D eigenvalue weighted by Gasteiger charge is 2.33. The van der Waals surface area contributed by atoms with Crippen LogP contribution in [0.15, 0.2) is 53.7 Å². The van der Waals surface area contributed by atoms with Crippen molar-refractivity contribution in [3.8, 4) is 5.75 Å². The fraction of sp³-hybridized carbons (Fsp3) is 0.400. The Hall–Kier alpha value is -2.56. The second-order valence-corrected chi connectivity index (χ2v) is 6.42. The van der Waals surface area contributed by atoms with Crippen LogP contribution >= 0.6 is 0 Å². The molecule has 1 saturated carbocycles. The minimum Gasteiger partial charge on any atom is -0.487 e. The van der Waals surface area contributed by atoms with Gasteiger partial charge in [-0.2, -0.15) is 0 Å². The van der Waals surface area contributed by atoms with Crippen molar-refractivity contribution in [1.82, 2.24) is 15.6 Å². The van der Waals surface area contributed by atoms with E-state index < -0.39 is 0 Å². The summed E-state index contributed by atoms with van der Waals surface area (Å²) in [6, 6.07) is 14.5. The summed E-state index contributed by atoms with van der Waals surface area (Å²) in [6.45, 7) is 6.29.